The van der Waals surface area contributed by atoms with Crippen LogP contribution in [0.4, 0.5) is 0 Å². The molecule has 0 bridgehead atoms. The van der Waals surface area contributed by atoms with Crippen LogP contribution in [0.25, 0.3) is 0 Å². The molecule has 1 N–H and O–H groups in total. The number of hydrogen-bond donors (Lipinski definition) is 1. The molecule has 1 rings (SSSR count). The molecule has 0 saturated heterocycles. The molecular formula is C4H5Cl2NO. The molecule has 4 heteroatoms. The lowest BCUT2D eigenvalue weighted by molar-refractivity contribution is -0.109. The summed E-state index contributed by atoms with van der Waals surface area (Å²) in [6.07, 6.45) is 1.27. The van der Waals surface area contributed by atoms with E-state index in [1.54, 1.807) is 0 Å². The molecule has 0 aromatic carbocycles. The van der Waals surface area contributed by atoms with Crippen LogP contribution in [-0.4, -0.2) is 16.8 Å². The zero-order chi connectivity index (χ0) is 6.20. The van der Waals surface area contributed by atoms with Crippen molar-refractivity contribution in [3.8, 4) is 0 Å². The van der Waals surface area contributed by atoms with Gasteiger partial charge in [-0.2, -0.15) is 0 Å². The topological polar surface area (TPSA) is 29.1 Å². The molecule has 0 spiro atoms. The van der Waals surface area contributed by atoms with Gasteiger partial charge in [-0.1, -0.05) is 23.2 Å². The van der Waals surface area contributed by atoms with Gasteiger partial charge in [0.2, 0.25) is 6.41 Å². The van der Waals surface area contributed by atoms with Crippen molar-refractivity contribution < 1.29 is 4.79 Å². The summed E-state index contributed by atoms with van der Waals surface area (Å²) < 4.78 is -0.680. The SMILES string of the molecule is O=CNC1CC1(Cl)Cl. The van der Waals surface area contributed by atoms with Crippen molar-refractivity contribution in [2.24, 2.45) is 0 Å². The summed E-state index contributed by atoms with van der Waals surface area (Å²) in [5, 5.41) is 2.47. The van der Waals surface area contributed by atoms with Gasteiger partial charge in [-0.05, 0) is 0 Å². The Bertz CT molecular complexity index is 115. The van der Waals surface area contributed by atoms with Crippen LogP contribution in [0.2, 0.25) is 0 Å². The van der Waals surface area contributed by atoms with Gasteiger partial charge in [0.05, 0.1) is 6.04 Å². The van der Waals surface area contributed by atoms with Crippen LogP contribution < -0.4 is 5.32 Å². The number of alkyl halides is 2. The van der Waals surface area contributed by atoms with Crippen molar-refractivity contribution in [1.82, 2.24) is 5.32 Å². The van der Waals surface area contributed by atoms with E-state index >= 15 is 0 Å². The molecule has 46 valence electrons. The summed E-state index contributed by atoms with van der Waals surface area (Å²) in [4.78, 5) is 9.71. The van der Waals surface area contributed by atoms with Gasteiger partial charge in [0, 0.05) is 6.42 Å². The van der Waals surface area contributed by atoms with E-state index in [0.717, 1.165) is 0 Å². The van der Waals surface area contributed by atoms with Crippen LogP contribution in [-0.2, 0) is 4.79 Å². The molecule has 2 nitrogen and oxygen atoms in total. The Balaban J connectivity index is 2.26. The van der Waals surface area contributed by atoms with Gasteiger partial charge in [0.1, 0.15) is 4.33 Å². The molecule has 0 radical (unpaired) electrons. The third kappa shape index (κ3) is 1.06. The molecule has 8 heavy (non-hydrogen) atoms. The Hall–Kier alpha value is 0.0500. The minimum Gasteiger partial charge on any atom is -0.353 e. The van der Waals surface area contributed by atoms with Gasteiger partial charge >= 0.3 is 0 Å². The Morgan fingerprint density at radius 2 is 2.25 bits per heavy atom. The number of hydrogen-bond acceptors (Lipinski definition) is 1. The molecule has 0 heterocycles. The van der Waals surface area contributed by atoms with Gasteiger partial charge in [-0.25, -0.2) is 0 Å². The first kappa shape index (κ1) is 6.17. The Kier molecular flexibility index (Phi) is 1.37. The lowest BCUT2D eigenvalue weighted by Gasteiger charge is -1.93. The second kappa shape index (κ2) is 1.78. The summed E-state index contributed by atoms with van der Waals surface area (Å²) >= 11 is 11.1. The summed E-state index contributed by atoms with van der Waals surface area (Å²) in [6, 6.07) is -0.0247. The Morgan fingerprint density at radius 3 is 2.38 bits per heavy atom. The smallest absolute Gasteiger partial charge is 0.207 e. The lowest BCUT2D eigenvalue weighted by atomic mass is 10.7. The zero-order valence-electron chi connectivity index (χ0n) is 4.03. The van der Waals surface area contributed by atoms with E-state index in [-0.39, 0.29) is 6.04 Å². The van der Waals surface area contributed by atoms with Crippen molar-refractivity contribution in [3.05, 3.63) is 0 Å². The van der Waals surface area contributed by atoms with Gasteiger partial charge in [-0.15, -0.1) is 0 Å². The second-order valence-corrected chi connectivity index (χ2v) is 3.34. The van der Waals surface area contributed by atoms with Crippen LogP contribution in [0.15, 0.2) is 0 Å². The molecule has 1 unspecified atom stereocenters. The maximum Gasteiger partial charge on any atom is 0.207 e. The zero-order valence-corrected chi connectivity index (χ0v) is 5.54. The molecular weight excluding hydrogens is 149 g/mol. The molecule has 1 atom stereocenters. The van der Waals surface area contributed by atoms with E-state index in [0.29, 0.717) is 12.8 Å². The number of amides is 1. The third-order valence-corrected chi connectivity index (χ3v) is 1.93. The lowest BCUT2D eigenvalue weighted by Crippen LogP contribution is -2.18. The molecule has 0 aliphatic heterocycles. The first-order valence-corrected chi connectivity index (χ1v) is 3.00. The molecule has 0 aromatic rings. The molecule has 1 aliphatic rings. The fraction of sp³-hybridized carbons (Fsp3) is 0.750. The largest absolute Gasteiger partial charge is 0.353 e. The van der Waals surface area contributed by atoms with Gasteiger partial charge < -0.3 is 5.32 Å². The second-order valence-electron chi connectivity index (χ2n) is 1.80. The predicted octanol–water partition coefficient (Wildman–Crippen LogP) is 0.679. The highest BCUT2D eigenvalue weighted by molar-refractivity contribution is 6.51. The van der Waals surface area contributed by atoms with E-state index in [1.165, 1.54) is 0 Å². The van der Waals surface area contributed by atoms with Crippen molar-refractivity contribution in [2.75, 3.05) is 0 Å². The van der Waals surface area contributed by atoms with Crippen LogP contribution in [0.1, 0.15) is 6.42 Å². The Morgan fingerprint density at radius 1 is 1.75 bits per heavy atom. The minimum absolute atomic E-state index is 0.0247. The molecule has 1 amide bonds. The highest BCUT2D eigenvalue weighted by atomic mass is 35.5. The Labute approximate surface area is 57.1 Å². The number of carbonyl (C=O) groups is 1. The fourth-order valence-corrected chi connectivity index (χ4v) is 0.911. The first-order valence-electron chi connectivity index (χ1n) is 2.24. The average Bonchev–Trinajstić information content (AvgIpc) is 2.15. The van der Waals surface area contributed by atoms with Crippen molar-refractivity contribution in [3.63, 3.8) is 0 Å². The van der Waals surface area contributed by atoms with Gasteiger partial charge in [-0.3, -0.25) is 4.79 Å². The van der Waals surface area contributed by atoms with Crippen molar-refractivity contribution in [2.45, 2.75) is 16.8 Å². The predicted molar refractivity (Wildman–Crippen MR) is 32.0 cm³/mol. The van der Waals surface area contributed by atoms with Gasteiger partial charge in [0.15, 0.2) is 0 Å². The van der Waals surface area contributed by atoms with Crippen LogP contribution >= 0.6 is 23.2 Å². The quantitative estimate of drug-likeness (QED) is 0.459. The number of nitrogens with one attached hydrogen (secondary N) is 1. The van der Waals surface area contributed by atoms with Crippen molar-refractivity contribution in [1.29, 1.82) is 0 Å². The number of halogens is 2. The molecule has 1 fully saturated rings. The minimum atomic E-state index is -0.680. The summed E-state index contributed by atoms with van der Waals surface area (Å²) in [6.45, 7) is 0. The maximum atomic E-state index is 9.71. The maximum absolute atomic E-state index is 9.71. The monoisotopic (exact) mass is 153 g/mol. The van der Waals surface area contributed by atoms with Crippen LogP contribution in [0.5, 0.6) is 0 Å². The normalized spacial score (nSPS) is 31.5. The number of rotatable bonds is 2. The first-order chi connectivity index (χ1) is 3.67. The third-order valence-electron chi connectivity index (χ3n) is 1.10. The van der Waals surface area contributed by atoms with Crippen LogP contribution in [0.3, 0.4) is 0 Å². The van der Waals surface area contributed by atoms with Crippen LogP contribution in [0, 0.1) is 0 Å². The standard InChI is InChI=1S/C4H5Cl2NO/c5-4(6)1-3(4)7-2-8/h2-3H,1H2,(H,7,8). The average molecular weight is 154 g/mol. The van der Waals surface area contributed by atoms with Crippen molar-refractivity contribution >= 4 is 29.6 Å². The fourth-order valence-electron chi connectivity index (χ4n) is 0.476. The summed E-state index contributed by atoms with van der Waals surface area (Å²) in [7, 11) is 0. The summed E-state index contributed by atoms with van der Waals surface area (Å²) in [5.41, 5.74) is 0. The molecule has 1 aliphatic carbocycles. The summed E-state index contributed by atoms with van der Waals surface area (Å²) in [5.74, 6) is 0. The highest BCUT2D eigenvalue weighted by Gasteiger charge is 2.51. The number of carbonyl (C=O) groups excluding carboxylic acids is 1. The molecule has 1 saturated carbocycles. The molecule has 0 aromatic heterocycles. The van der Waals surface area contributed by atoms with E-state index in [9.17, 15) is 4.79 Å². The van der Waals surface area contributed by atoms with E-state index in [4.69, 9.17) is 23.2 Å². The highest BCUT2D eigenvalue weighted by Crippen LogP contribution is 2.46. The van der Waals surface area contributed by atoms with E-state index in [2.05, 4.69) is 5.32 Å². The van der Waals surface area contributed by atoms with E-state index < -0.39 is 4.33 Å². The van der Waals surface area contributed by atoms with E-state index in [1.807, 2.05) is 0 Å². The van der Waals surface area contributed by atoms with Gasteiger partial charge in [0.25, 0.3) is 0 Å².